The van der Waals surface area contributed by atoms with Crippen molar-refractivity contribution in [3.8, 4) is 5.69 Å². The zero-order chi connectivity index (χ0) is 22.8. The Bertz CT molecular complexity index is 1120. The number of thiocarbonyl (C=S) groups is 1. The average Bonchev–Trinajstić information content (AvgIpc) is 3.29. The van der Waals surface area contributed by atoms with Gasteiger partial charge in [0, 0.05) is 29.8 Å². The third-order valence-electron chi connectivity index (χ3n) is 6.00. The van der Waals surface area contributed by atoms with E-state index in [0.29, 0.717) is 5.56 Å². The van der Waals surface area contributed by atoms with E-state index in [-0.39, 0.29) is 18.1 Å². The van der Waals surface area contributed by atoms with E-state index in [1.165, 1.54) is 12.7 Å². The van der Waals surface area contributed by atoms with Crippen LogP contribution in [0.3, 0.4) is 0 Å². The van der Waals surface area contributed by atoms with Crippen LogP contribution >= 0.6 is 12.2 Å². The molecule has 1 fully saturated rings. The van der Waals surface area contributed by atoms with Crippen molar-refractivity contribution in [2.45, 2.75) is 39.3 Å². The van der Waals surface area contributed by atoms with Crippen molar-refractivity contribution in [2.75, 3.05) is 13.7 Å². The van der Waals surface area contributed by atoms with E-state index >= 15 is 0 Å². The Kier molecular flexibility index (Phi) is 6.28. The molecule has 0 bridgehead atoms. The molecule has 1 aliphatic heterocycles. The van der Waals surface area contributed by atoms with Gasteiger partial charge in [-0.05, 0) is 80.5 Å². The Morgan fingerprint density at radius 1 is 1.19 bits per heavy atom. The molecule has 2 aromatic heterocycles. The molecule has 1 saturated heterocycles. The molecule has 0 amide bonds. The summed E-state index contributed by atoms with van der Waals surface area (Å²) in [6, 6.07) is 15.8. The molecule has 2 unspecified atom stereocenters. The van der Waals surface area contributed by atoms with Gasteiger partial charge in [-0.2, -0.15) is 0 Å². The van der Waals surface area contributed by atoms with Gasteiger partial charge in [-0.3, -0.25) is 4.98 Å². The first-order valence-corrected chi connectivity index (χ1v) is 11.2. The molecule has 3 heterocycles. The second-order valence-electron chi connectivity index (χ2n) is 8.02. The van der Waals surface area contributed by atoms with Crippen LogP contribution in [0.5, 0.6) is 0 Å². The molecule has 0 aliphatic carbocycles. The molecule has 32 heavy (non-hydrogen) atoms. The summed E-state index contributed by atoms with van der Waals surface area (Å²) in [5, 5.41) is 4.27. The first-order chi connectivity index (χ1) is 15.5. The molecule has 4 rings (SSSR count). The highest BCUT2D eigenvalue weighted by atomic mass is 32.1. The van der Waals surface area contributed by atoms with Crippen molar-refractivity contribution in [3.63, 3.8) is 0 Å². The Morgan fingerprint density at radius 3 is 2.56 bits per heavy atom. The first kappa shape index (κ1) is 22.0. The number of nitrogens with one attached hydrogen (secondary N) is 1. The highest BCUT2D eigenvalue weighted by Crippen LogP contribution is 2.41. The van der Waals surface area contributed by atoms with Gasteiger partial charge in [0.15, 0.2) is 5.11 Å². The van der Waals surface area contributed by atoms with Gasteiger partial charge in [-0.25, -0.2) is 4.79 Å². The van der Waals surface area contributed by atoms with Gasteiger partial charge in [-0.1, -0.05) is 13.0 Å². The fourth-order valence-electron chi connectivity index (χ4n) is 4.57. The number of carbonyl (C=O) groups is 1. The Balaban J connectivity index is 1.78. The van der Waals surface area contributed by atoms with Gasteiger partial charge < -0.3 is 19.5 Å². The number of carbonyl (C=O) groups excluding carboxylic acids is 1. The van der Waals surface area contributed by atoms with Crippen LogP contribution in [-0.2, 0) is 4.74 Å². The lowest BCUT2D eigenvalue weighted by atomic mass is 9.96. The SMILES string of the molecule is CCCN1C(=S)NC(c2ccccn2)C1c1cc(C)n(-c2ccc(C(=O)OC)cc2)c1C. The molecular formula is C25H28N4O2S. The maximum Gasteiger partial charge on any atom is 0.337 e. The summed E-state index contributed by atoms with van der Waals surface area (Å²) in [6.07, 6.45) is 2.83. The van der Waals surface area contributed by atoms with E-state index in [1.807, 2.05) is 36.5 Å². The van der Waals surface area contributed by atoms with Crippen LogP contribution in [0.2, 0.25) is 0 Å². The molecule has 0 radical (unpaired) electrons. The van der Waals surface area contributed by atoms with Gasteiger partial charge in [-0.15, -0.1) is 0 Å². The number of hydrogen-bond acceptors (Lipinski definition) is 4. The summed E-state index contributed by atoms with van der Waals surface area (Å²) < 4.78 is 7.04. The second kappa shape index (κ2) is 9.12. The molecule has 0 saturated carbocycles. The number of hydrogen-bond donors (Lipinski definition) is 1. The van der Waals surface area contributed by atoms with Gasteiger partial charge in [0.1, 0.15) is 0 Å². The van der Waals surface area contributed by atoms with Crippen LogP contribution in [0.25, 0.3) is 5.69 Å². The fourth-order valence-corrected chi connectivity index (χ4v) is 4.91. The van der Waals surface area contributed by atoms with E-state index < -0.39 is 0 Å². The fraction of sp³-hybridized carbons (Fsp3) is 0.320. The smallest absolute Gasteiger partial charge is 0.337 e. The third-order valence-corrected chi connectivity index (χ3v) is 6.35. The lowest BCUT2D eigenvalue weighted by Crippen LogP contribution is -2.30. The minimum atomic E-state index is -0.336. The van der Waals surface area contributed by atoms with Crippen molar-refractivity contribution >= 4 is 23.3 Å². The molecule has 6 nitrogen and oxygen atoms in total. The number of nitrogens with zero attached hydrogens (tertiary/aromatic N) is 3. The lowest BCUT2D eigenvalue weighted by molar-refractivity contribution is 0.0600. The summed E-state index contributed by atoms with van der Waals surface area (Å²) in [7, 11) is 1.39. The van der Waals surface area contributed by atoms with Crippen molar-refractivity contribution in [1.82, 2.24) is 19.8 Å². The number of pyridine rings is 1. The van der Waals surface area contributed by atoms with Crippen molar-refractivity contribution in [2.24, 2.45) is 0 Å². The minimum Gasteiger partial charge on any atom is -0.465 e. The van der Waals surface area contributed by atoms with Crippen LogP contribution in [-0.4, -0.2) is 39.2 Å². The second-order valence-corrected chi connectivity index (χ2v) is 8.41. The molecule has 1 N–H and O–H groups in total. The van der Waals surface area contributed by atoms with Crippen LogP contribution in [0.4, 0.5) is 0 Å². The largest absolute Gasteiger partial charge is 0.465 e. The van der Waals surface area contributed by atoms with E-state index in [2.05, 4.69) is 46.6 Å². The summed E-state index contributed by atoms with van der Waals surface area (Å²) in [5.41, 5.74) is 6.00. The Morgan fingerprint density at radius 2 is 1.94 bits per heavy atom. The predicted molar refractivity (Wildman–Crippen MR) is 129 cm³/mol. The van der Waals surface area contributed by atoms with Gasteiger partial charge in [0.2, 0.25) is 0 Å². The standard InChI is InChI=1S/C25H28N4O2S/c1-5-14-28-23(22(27-25(28)32)21-8-6-7-13-26-21)20-15-16(2)29(17(20)3)19-11-9-18(10-12-19)24(30)31-4/h6-13,15,22-23H,5,14H2,1-4H3,(H,27,32). The number of rotatable bonds is 6. The number of ether oxygens (including phenoxy) is 1. The molecule has 1 aliphatic rings. The van der Waals surface area contributed by atoms with Gasteiger partial charge >= 0.3 is 5.97 Å². The normalized spacial score (nSPS) is 18.0. The molecule has 3 aromatic rings. The van der Waals surface area contributed by atoms with Crippen molar-refractivity contribution < 1.29 is 9.53 Å². The molecule has 0 spiro atoms. The van der Waals surface area contributed by atoms with Gasteiger partial charge in [0.05, 0.1) is 30.5 Å². The summed E-state index contributed by atoms with van der Waals surface area (Å²) in [6.45, 7) is 7.28. The van der Waals surface area contributed by atoms with Crippen LogP contribution < -0.4 is 5.32 Å². The zero-order valence-electron chi connectivity index (χ0n) is 18.8. The summed E-state index contributed by atoms with van der Waals surface area (Å²) >= 11 is 5.72. The number of esters is 1. The Hall–Kier alpha value is -3.19. The number of methoxy groups -OCH3 is 1. The quantitative estimate of drug-likeness (QED) is 0.437. The highest BCUT2D eigenvalue weighted by molar-refractivity contribution is 7.80. The maximum absolute atomic E-state index is 11.8. The molecule has 7 heteroatoms. The summed E-state index contributed by atoms with van der Waals surface area (Å²) in [5.74, 6) is -0.336. The zero-order valence-corrected chi connectivity index (χ0v) is 19.6. The van der Waals surface area contributed by atoms with E-state index in [9.17, 15) is 4.79 Å². The predicted octanol–water partition coefficient (Wildman–Crippen LogP) is 4.66. The average molecular weight is 449 g/mol. The van der Waals surface area contributed by atoms with Crippen LogP contribution in [0.1, 0.15) is 58.4 Å². The Labute approximate surface area is 194 Å². The van der Waals surface area contributed by atoms with Crippen LogP contribution in [0, 0.1) is 13.8 Å². The molecule has 2 atom stereocenters. The molecular weight excluding hydrogens is 420 g/mol. The maximum atomic E-state index is 11.8. The molecule has 1 aromatic carbocycles. The van der Waals surface area contributed by atoms with E-state index in [0.717, 1.165) is 40.8 Å². The molecule has 166 valence electrons. The van der Waals surface area contributed by atoms with Gasteiger partial charge in [0.25, 0.3) is 0 Å². The van der Waals surface area contributed by atoms with E-state index in [4.69, 9.17) is 17.0 Å². The topological polar surface area (TPSA) is 59.4 Å². The first-order valence-electron chi connectivity index (χ1n) is 10.8. The van der Waals surface area contributed by atoms with E-state index in [1.54, 1.807) is 12.1 Å². The van der Waals surface area contributed by atoms with Crippen LogP contribution in [0.15, 0.2) is 54.7 Å². The summed E-state index contributed by atoms with van der Waals surface area (Å²) in [4.78, 5) is 18.7. The minimum absolute atomic E-state index is 0.0223. The van der Waals surface area contributed by atoms with Crippen molar-refractivity contribution in [1.29, 1.82) is 0 Å². The third kappa shape index (κ3) is 3.88. The number of aromatic nitrogens is 2. The highest BCUT2D eigenvalue weighted by Gasteiger charge is 2.40. The number of benzene rings is 1. The van der Waals surface area contributed by atoms with Crippen molar-refractivity contribution in [3.05, 3.63) is 82.9 Å². The lowest BCUT2D eigenvalue weighted by Gasteiger charge is -2.27. The monoisotopic (exact) mass is 448 g/mol. The number of aryl methyl sites for hydroxylation is 1.